The van der Waals surface area contributed by atoms with Crippen molar-refractivity contribution in [1.29, 1.82) is 0 Å². The first-order valence-electron chi connectivity index (χ1n) is 8.67. The summed E-state index contributed by atoms with van der Waals surface area (Å²) in [4.78, 5) is 16.6. The molecule has 0 saturated carbocycles. The first-order valence-corrected chi connectivity index (χ1v) is 10.5. The van der Waals surface area contributed by atoms with E-state index in [9.17, 15) is 13.2 Å². The van der Waals surface area contributed by atoms with Crippen LogP contribution in [0.25, 0.3) is 0 Å². The maximum atomic E-state index is 12.5. The van der Waals surface area contributed by atoms with Crippen LogP contribution in [0.5, 0.6) is 0 Å². The Bertz CT molecular complexity index is 956. The molecule has 1 aliphatic heterocycles. The standard InChI is InChI=1S/C19H20ClN3O3S/c20-15-6-4-5-14(13-15)19(24)22-16-8-10-17(11-9-16)27(25,26)23-18-7-2-1-3-12-21-18/h4-6,8-11,13H,1-3,7,12H2,(H,21,23)(H,22,24). The van der Waals surface area contributed by atoms with Crippen molar-refractivity contribution >= 4 is 39.1 Å². The van der Waals surface area contributed by atoms with Crippen molar-refractivity contribution in [1.82, 2.24) is 4.72 Å². The second kappa shape index (κ2) is 8.54. The summed E-state index contributed by atoms with van der Waals surface area (Å²) in [7, 11) is -3.69. The van der Waals surface area contributed by atoms with Crippen LogP contribution in [0.4, 0.5) is 5.69 Å². The zero-order valence-corrected chi connectivity index (χ0v) is 16.2. The lowest BCUT2D eigenvalue weighted by molar-refractivity contribution is 0.102. The van der Waals surface area contributed by atoms with Gasteiger partial charge in [0, 0.05) is 29.2 Å². The highest BCUT2D eigenvalue weighted by Crippen LogP contribution is 2.17. The number of nitrogens with one attached hydrogen (secondary N) is 2. The molecule has 2 aromatic carbocycles. The van der Waals surface area contributed by atoms with Crippen LogP contribution < -0.4 is 10.0 Å². The van der Waals surface area contributed by atoms with Crippen LogP contribution in [0.3, 0.4) is 0 Å². The molecule has 0 bridgehead atoms. The third-order valence-corrected chi connectivity index (χ3v) is 5.77. The van der Waals surface area contributed by atoms with Gasteiger partial charge in [-0.1, -0.05) is 24.1 Å². The van der Waals surface area contributed by atoms with Crippen LogP contribution in [0, 0.1) is 0 Å². The van der Waals surface area contributed by atoms with Crippen molar-refractivity contribution in [3.05, 3.63) is 59.1 Å². The molecule has 0 fully saturated rings. The van der Waals surface area contributed by atoms with Crippen molar-refractivity contribution in [3.8, 4) is 0 Å². The summed E-state index contributed by atoms with van der Waals surface area (Å²) in [6.45, 7) is 0.645. The molecule has 0 spiro atoms. The van der Waals surface area contributed by atoms with Gasteiger partial charge in [0.25, 0.3) is 15.9 Å². The quantitative estimate of drug-likeness (QED) is 0.809. The fraction of sp³-hybridized carbons (Fsp3) is 0.263. The van der Waals surface area contributed by atoms with E-state index in [0.717, 1.165) is 19.3 Å². The monoisotopic (exact) mass is 405 g/mol. The number of amidine groups is 1. The smallest absolute Gasteiger partial charge is 0.262 e. The Morgan fingerprint density at radius 3 is 2.56 bits per heavy atom. The van der Waals surface area contributed by atoms with E-state index in [1.807, 2.05) is 0 Å². The molecule has 3 rings (SSSR count). The molecule has 27 heavy (non-hydrogen) atoms. The third kappa shape index (κ3) is 5.30. The molecule has 0 radical (unpaired) electrons. The number of anilines is 1. The maximum Gasteiger partial charge on any atom is 0.262 e. The van der Waals surface area contributed by atoms with E-state index in [0.29, 0.717) is 35.1 Å². The molecule has 0 aromatic heterocycles. The highest BCUT2D eigenvalue weighted by Gasteiger charge is 2.17. The Morgan fingerprint density at radius 1 is 1.04 bits per heavy atom. The number of nitrogens with zero attached hydrogens (tertiary/aromatic N) is 1. The fourth-order valence-corrected chi connectivity index (χ4v) is 4.00. The number of rotatable bonds is 4. The minimum Gasteiger partial charge on any atom is -0.322 e. The molecule has 8 heteroatoms. The van der Waals surface area contributed by atoms with E-state index in [4.69, 9.17) is 11.6 Å². The Hall–Kier alpha value is -2.38. The number of halogens is 1. The van der Waals surface area contributed by atoms with Crippen LogP contribution in [0.2, 0.25) is 5.02 Å². The summed E-state index contributed by atoms with van der Waals surface area (Å²) >= 11 is 5.89. The van der Waals surface area contributed by atoms with E-state index in [-0.39, 0.29) is 10.8 Å². The largest absolute Gasteiger partial charge is 0.322 e. The van der Waals surface area contributed by atoms with Gasteiger partial charge in [-0.2, -0.15) is 0 Å². The highest BCUT2D eigenvalue weighted by molar-refractivity contribution is 7.90. The van der Waals surface area contributed by atoms with Crippen LogP contribution >= 0.6 is 11.6 Å². The first kappa shape index (κ1) is 19.4. The van der Waals surface area contributed by atoms with Crippen molar-refractivity contribution in [2.45, 2.75) is 30.6 Å². The predicted molar refractivity (Wildman–Crippen MR) is 107 cm³/mol. The highest BCUT2D eigenvalue weighted by atomic mass is 35.5. The Kier molecular flexibility index (Phi) is 6.13. The van der Waals surface area contributed by atoms with Gasteiger partial charge in [-0.05, 0) is 55.3 Å². The van der Waals surface area contributed by atoms with Gasteiger partial charge in [0.05, 0.1) is 4.90 Å². The van der Waals surface area contributed by atoms with Crippen LogP contribution in [-0.2, 0) is 10.0 Å². The molecular weight excluding hydrogens is 386 g/mol. The molecule has 6 nitrogen and oxygen atoms in total. The molecule has 142 valence electrons. The average molecular weight is 406 g/mol. The Labute approximate surface area is 163 Å². The van der Waals surface area contributed by atoms with Crippen molar-refractivity contribution in [3.63, 3.8) is 0 Å². The lowest BCUT2D eigenvalue weighted by Crippen LogP contribution is -2.30. The van der Waals surface area contributed by atoms with Crippen LogP contribution in [-0.4, -0.2) is 26.7 Å². The third-order valence-electron chi connectivity index (χ3n) is 4.14. The van der Waals surface area contributed by atoms with E-state index in [1.165, 1.54) is 12.1 Å². The number of carbonyl (C=O) groups is 1. The second-order valence-corrected chi connectivity index (χ2v) is 8.35. The van der Waals surface area contributed by atoms with Gasteiger partial charge in [-0.25, -0.2) is 8.42 Å². The van der Waals surface area contributed by atoms with Gasteiger partial charge in [0.2, 0.25) is 0 Å². The summed E-state index contributed by atoms with van der Waals surface area (Å²) < 4.78 is 27.6. The Balaban J connectivity index is 1.69. The van der Waals surface area contributed by atoms with Gasteiger partial charge in [-0.15, -0.1) is 0 Å². The summed E-state index contributed by atoms with van der Waals surface area (Å²) in [6.07, 6.45) is 3.59. The number of sulfonamides is 1. The average Bonchev–Trinajstić information content (AvgIpc) is 2.90. The molecule has 1 amide bonds. The fourth-order valence-electron chi connectivity index (χ4n) is 2.72. The van der Waals surface area contributed by atoms with E-state index in [2.05, 4.69) is 15.0 Å². The molecule has 1 aliphatic rings. The summed E-state index contributed by atoms with van der Waals surface area (Å²) in [5.41, 5.74) is 0.915. The molecule has 0 atom stereocenters. The number of carbonyl (C=O) groups excluding carboxylic acids is 1. The zero-order valence-electron chi connectivity index (χ0n) is 14.6. The predicted octanol–water partition coefficient (Wildman–Crippen LogP) is 3.84. The minimum absolute atomic E-state index is 0.121. The Morgan fingerprint density at radius 2 is 1.81 bits per heavy atom. The number of hydrogen-bond donors (Lipinski definition) is 2. The van der Waals surface area contributed by atoms with Gasteiger partial charge >= 0.3 is 0 Å². The molecular formula is C19H20ClN3O3S. The molecule has 0 unspecified atom stereocenters. The SMILES string of the molecule is O=C(Nc1ccc(S(=O)(=O)NC2=NCCCCC2)cc1)c1cccc(Cl)c1. The maximum absolute atomic E-state index is 12.5. The van der Waals surface area contributed by atoms with E-state index >= 15 is 0 Å². The molecule has 0 saturated heterocycles. The van der Waals surface area contributed by atoms with E-state index in [1.54, 1.807) is 36.4 Å². The summed E-state index contributed by atoms with van der Waals surface area (Å²) in [5.74, 6) is 0.185. The first-order chi connectivity index (χ1) is 12.9. The molecule has 2 aromatic rings. The van der Waals surface area contributed by atoms with Crippen molar-refractivity contribution in [2.75, 3.05) is 11.9 Å². The summed E-state index contributed by atoms with van der Waals surface area (Å²) in [5, 5.41) is 3.19. The minimum atomic E-state index is -3.69. The number of aliphatic imine (C=N–C) groups is 1. The number of amides is 1. The lowest BCUT2D eigenvalue weighted by Gasteiger charge is -2.11. The van der Waals surface area contributed by atoms with Crippen LogP contribution in [0.15, 0.2) is 58.4 Å². The van der Waals surface area contributed by atoms with Gasteiger partial charge in [0.1, 0.15) is 5.84 Å². The van der Waals surface area contributed by atoms with Gasteiger partial charge in [0.15, 0.2) is 0 Å². The zero-order chi connectivity index (χ0) is 19.3. The number of benzene rings is 2. The molecule has 2 N–H and O–H groups in total. The number of hydrogen-bond acceptors (Lipinski definition) is 4. The second-order valence-electron chi connectivity index (χ2n) is 6.23. The van der Waals surface area contributed by atoms with Crippen LogP contribution in [0.1, 0.15) is 36.0 Å². The normalized spacial score (nSPS) is 14.8. The molecule has 0 aliphatic carbocycles. The van der Waals surface area contributed by atoms with Gasteiger partial charge in [-0.3, -0.25) is 14.5 Å². The molecule has 1 heterocycles. The topological polar surface area (TPSA) is 87.6 Å². The van der Waals surface area contributed by atoms with Crippen molar-refractivity contribution in [2.24, 2.45) is 4.99 Å². The lowest BCUT2D eigenvalue weighted by atomic mass is 10.2. The van der Waals surface area contributed by atoms with E-state index < -0.39 is 10.0 Å². The van der Waals surface area contributed by atoms with Gasteiger partial charge < -0.3 is 5.32 Å². The summed E-state index contributed by atoms with van der Waals surface area (Å²) in [6, 6.07) is 12.6. The van der Waals surface area contributed by atoms with Crippen molar-refractivity contribution < 1.29 is 13.2 Å².